The van der Waals surface area contributed by atoms with Gasteiger partial charge in [-0.05, 0) is 166 Å². The number of rotatable bonds is 19. The highest BCUT2D eigenvalue weighted by molar-refractivity contribution is 9.28. The zero-order valence-electron chi connectivity index (χ0n) is 66.4. The number of hydrogen-bond donors (Lipinski definition) is 4. The number of carbonyl (C=O) groups is 2. The number of allylic oxidation sites excluding steroid dienone is 3. The van der Waals surface area contributed by atoms with E-state index in [2.05, 4.69) is 87.9 Å². The van der Waals surface area contributed by atoms with Crippen LogP contribution in [0.4, 0.5) is 0 Å². The van der Waals surface area contributed by atoms with Crippen molar-refractivity contribution in [3.05, 3.63) is 176 Å². The van der Waals surface area contributed by atoms with Gasteiger partial charge >= 0.3 is 11.9 Å². The van der Waals surface area contributed by atoms with E-state index in [4.69, 9.17) is 68.4 Å². The van der Waals surface area contributed by atoms with Crippen molar-refractivity contribution in [2.24, 2.45) is 46.3 Å². The predicted octanol–water partition coefficient (Wildman–Crippen LogP) is 15.2. The van der Waals surface area contributed by atoms with Crippen LogP contribution in [0.2, 0.25) is 5.02 Å². The number of halogens is 3. The highest BCUT2D eigenvalue weighted by Gasteiger charge is 2.63. The van der Waals surface area contributed by atoms with Crippen LogP contribution in [0.1, 0.15) is 152 Å². The van der Waals surface area contributed by atoms with Crippen molar-refractivity contribution in [1.29, 1.82) is 5.26 Å². The number of benzene rings is 3. The Morgan fingerprint density at radius 1 is 0.883 bits per heavy atom. The molecule has 6 aliphatic heterocycles. The third kappa shape index (κ3) is 21.3. The second kappa shape index (κ2) is 37.9. The monoisotopic (exact) mass is 1680 g/mol. The second-order valence-electron chi connectivity index (χ2n) is 32.7. The molecule has 1 saturated carbocycles. The van der Waals surface area contributed by atoms with E-state index in [0.717, 1.165) is 26.8 Å². The fourth-order valence-electron chi connectivity index (χ4n) is 16.1. The Morgan fingerprint density at radius 3 is 2.24 bits per heavy atom. The van der Waals surface area contributed by atoms with Crippen LogP contribution in [0.15, 0.2) is 160 Å². The number of para-hydroxylation sites is 1. The van der Waals surface area contributed by atoms with E-state index in [-0.39, 0.29) is 71.3 Å². The van der Waals surface area contributed by atoms with Gasteiger partial charge in [0.05, 0.1) is 70.8 Å². The van der Waals surface area contributed by atoms with Crippen molar-refractivity contribution in [2.75, 3.05) is 20.8 Å². The van der Waals surface area contributed by atoms with Crippen LogP contribution in [0.5, 0.6) is 11.5 Å². The summed E-state index contributed by atoms with van der Waals surface area (Å²) >= 11 is 12.6. The number of methoxy groups -OCH3 is 2. The van der Waals surface area contributed by atoms with Gasteiger partial charge in [0.15, 0.2) is 18.4 Å². The summed E-state index contributed by atoms with van der Waals surface area (Å²) in [5.41, 5.74) is 0.555. The first-order chi connectivity index (χ1) is 52.6. The predicted molar refractivity (Wildman–Crippen MR) is 426 cm³/mol. The van der Waals surface area contributed by atoms with Crippen molar-refractivity contribution in [3.63, 3.8) is 0 Å². The molecule has 1 unspecified atom stereocenters. The molecule has 1 aromatic heterocycles. The van der Waals surface area contributed by atoms with Gasteiger partial charge < -0.3 is 77.3 Å². The van der Waals surface area contributed by atoms with Crippen LogP contribution in [0, 0.1) is 57.7 Å². The fourth-order valence-corrected chi connectivity index (χ4v) is 16.8. The van der Waals surface area contributed by atoms with Crippen molar-refractivity contribution in [1.82, 2.24) is 14.8 Å². The van der Waals surface area contributed by atoms with Crippen LogP contribution in [-0.4, -0.2) is 171 Å². The van der Waals surface area contributed by atoms with Crippen molar-refractivity contribution in [2.45, 2.75) is 257 Å². The number of aliphatic hydroxyl groups is 4. The standard InChI is InChI=1S/C48H72O14.C22H19Br2NO3.C16H22ClN3O/c1-11-25(2)43-28(5)17-18-47(62-43)23-34-20-33(61-47)16-15-27(4)42(26(3)13-12-14-32-24-55-45-40(49)29(6)19-35(46(51)58-34)48(32,45)52)59-39-22-37(54-10)44(31(8)57-39)60-38-21-36(53-9)41(50)30(7)56-38;1-22(2)17(12-19(23)24)20(22)21(26)28-18(13-25)14-7-6-10-16(11-14)27-15-8-4-3-5-9-15;1-15(2,3)16(21,10-20-12-18-11-19-20)9-8-13-4-6-14(17)7-5-13/h12-15,17-19,25-26,28,30-31,33-45,49-50,52H,11,16,20-24H2,1-10H3;3-12,17-18,20H,1-2H3;4-7,11-12,21H,8-10H2,1-3H3/b13-12+,27-15+,32-14+;;/t25-,26-,28-,30-,31-,33+,34-,35-,36-,37-,38-,39-,40+,41-,42-,43+,44-,45+,47+,48+;17-,18+,20-;/m00./s1. The largest absolute Gasteiger partial charge is 0.462 e. The van der Waals surface area contributed by atoms with Gasteiger partial charge in [-0.1, -0.05) is 165 Å². The molecule has 22 nitrogen and oxygen atoms in total. The van der Waals surface area contributed by atoms with Gasteiger partial charge in [0, 0.05) is 62.3 Å². The lowest BCUT2D eigenvalue weighted by molar-refractivity contribution is -0.318. The highest BCUT2D eigenvalue weighted by atomic mass is 79.9. The third-order valence-corrected chi connectivity index (χ3v) is 24.3. The molecule has 111 heavy (non-hydrogen) atoms. The summed E-state index contributed by atoms with van der Waals surface area (Å²) in [6.45, 7) is 26.7. The van der Waals surface area contributed by atoms with E-state index in [9.17, 15) is 35.3 Å². The minimum absolute atomic E-state index is 0.0317. The van der Waals surface area contributed by atoms with E-state index >= 15 is 0 Å². The quantitative estimate of drug-likeness (QED) is 0.0501. The summed E-state index contributed by atoms with van der Waals surface area (Å²) in [7, 11) is 3.22. The Labute approximate surface area is 676 Å². The van der Waals surface area contributed by atoms with E-state index < -0.39 is 102 Å². The molecule has 1 spiro atoms. The molecule has 4 aromatic rings. The molecule has 8 aliphatic rings. The van der Waals surface area contributed by atoms with Gasteiger partial charge in [-0.3, -0.25) is 14.3 Å². The molecule has 0 radical (unpaired) electrons. The molecule has 2 bridgehead atoms. The Kier molecular flexibility index (Phi) is 29.9. The van der Waals surface area contributed by atoms with E-state index in [1.165, 1.54) is 11.9 Å². The number of fused-ring (bicyclic) bond motifs is 2. The minimum atomic E-state index is -1.84. The Hall–Kier alpha value is -5.80. The van der Waals surface area contributed by atoms with Gasteiger partial charge in [0.2, 0.25) is 6.10 Å². The number of ether oxygens (including phenoxy) is 12. The van der Waals surface area contributed by atoms with Crippen LogP contribution < -0.4 is 4.74 Å². The van der Waals surface area contributed by atoms with E-state index in [0.29, 0.717) is 73.3 Å². The number of carbonyl (C=O) groups excluding carboxylic acids is 2. The molecule has 4 N–H and O–H groups in total. The Bertz CT molecular complexity index is 3990. The maximum atomic E-state index is 14.3. The van der Waals surface area contributed by atoms with Crippen LogP contribution in [-0.2, 0) is 74.7 Å². The number of aryl methyl sites for hydroxylation is 1. The van der Waals surface area contributed by atoms with Gasteiger partial charge in [-0.15, -0.1) is 0 Å². The third-order valence-electron chi connectivity index (χ3n) is 23.5. The smallest absolute Gasteiger partial charge is 0.316 e. The van der Waals surface area contributed by atoms with Crippen LogP contribution >= 0.6 is 43.5 Å². The van der Waals surface area contributed by atoms with E-state index in [1.807, 2.05) is 127 Å². The van der Waals surface area contributed by atoms with Crippen LogP contribution in [0.3, 0.4) is 0 Å². The summed E-state index contributed by atoms with van der Waals surface area (Å²) in [6, 6.07) is 26.2. The molecule has 3 aromatic carbocycles. The maximum Gasteiger partial charge on any atom is 0.316 e. The zero-order chi connectivity index (χ0) is 80.5. The first-order valence-electron chi connectivity index (χ1n) is 38.7. The van der Waals surface area contributed by atoms with Gasteiger partial charge in [0.25, 0.3) is 0 Å². The number of hydrogen-bond acceptors (Lipinski definition) is 21. The molecule has 2 aliphatic carbocycles. The molecular formula is C86H113Br2ClN4O18. The molecule has 606 valence electrons. The minimum Gasteiger partial charge on any atom is -0.462 e. The molecule has 24 atom stereocenters. The maximum absolute atomic E-state index is 14.3. The number of aromatic nitrogens is 3. The number of aliphatic hydroxyl groups excluding tert-OH is 2. The average Bonchev–Trinajstić information content (AvgIpc) is 1.58. The molecular weight excluding hydrogens is 1570 g/mol. The fraction of sp³-hybridized carbons (Fsp3) is 0.593. The number of nitrogens with zero attached hydrogens (tertiary/aromatic N) is 4. The molecule has 4 saturated heterocycles. The Morgan fingerprint density at radius 2 is 1.58 bits per heavy atom. The highest BCUT2D eigenvalue weighted by Crippen LogP contribution is 2.61. The second-order valence-corrected chi connectivity index (χ2v) is 35.9. The first-order valence-corrected chi connectivity index (χ1v) is 40.7. The normalized spacial score (nSPS) is 35.4. The molecule has 25 heteroatoms. The van der Waals surface area contributed by atoms with Gasteiger partial charge in [-0.2, -0.15) is 10.4 Å². The van der Waals surface area contributed by atoms with Crippen molar-refractivity contribution < 1.29 is 86.9 Å². The lowest BCUT2D eigenvalue weighted by Gasteiger charge is -2.48. The summed E-state index contributed by atoms with van der Waals surface area (Å²) in [5.74, 6) is -1.88. The lowest BCUT2D eigenvalue weighted by Crippen LogP contribution is -2.58. The molecule has 7 heterocycles. The molecule has 5 fully saturated rings. The molecule has 12 rings (SSSR count). The van der Waals surface area contributed by atoms with Gasteiger partial charge in [0.1, 0.15) is 72.3 Å². The van der Waals surface area contributed by atoms with Crippen molar-refractivity contribution >= 4 is 55.4 Å². The van der Waals surface area contributed by atoms with E-state index in [1.54, 1.807) is 75.5 Å². The average molecular weight is 1690 g/mol. The SMILES string of the molecule is CC(C)(C)C(O)(CCc1ccc(Cl)cc1)Cn1cncn1.CC1(C)[C@H](C(=O)O[C@H](C#N)c2cccc(Oc3ccccc3)c2)[C@@H]1C=C(Br)Br.CC[C@H](C)[C@H]1O[C@]2(C=C[C@@H]1C)C[C@@H]1C[C@@H](C/C=C(\C)[C@@H](O[C@H]3C[C@H](OC)[C@@H](O[C@H]4C[C@H](OC)[C@@H](O)[C@H](C)O4)[C@H](C)O3)[C@@H](C)/C=C/C=C3\CO[C@@H]4[C@H](O)C(C)=C[C@@H](C(=O)O1)[C@]34O)O2. The van der Waals surface area contributed by atoms with Gasteiger partial charge in [-0.25, -0.2) is 4.98 Å². The molecule has 0 amide bonds. The lowest BCUT2D eigenvalue weighted by atomic mass is 9.71. The van der Waals surface area contributed by atoms with Crippen LogP contribution in [0.25, 0.3) is 0 Å². The summed E-state index contributed by atoms with van der Waals surface area (Å²) in [6.07, 6.45) is 14.1. The zero-order valence-corrected chi connectivity index (χ0v) is 70.3. The summed E-state index contributed by atoms with van der Waals surface area (Å²) in [5, 5.41) is 59.7. The Balaban J connectivity index is 0.000000217. The number of nitriles is 1. The first kappa shape index (κ1) is 87.6. The van der Waals surface area contributed by atoms with Crippen molar-refractivity contribution in [3.8, 4) is 17.6 Å². The topological polar surface area (TPSA) is 280 Å². The summed E-state index contributed by atoms with van der Waals surface area (Å²) in [4.78, 5) is 31.0. The number of esters is 2. The summed E-state index contributed by atoms with van der Waals surface area (Å²) < 4.78 is 77.5.